The molecule has 3 rings (SSSR count). The number of hydrogen-bond acceptors (Lipinski definition) is 3. The Kier molecular flexibility index (Phi) is 5.48. The maximum atomic E-state index is 14.0. The van der Waals surface area contributed by atoms with Crippen molar-refractivity contribution < 1.29 is 13.9 Å². The van der Waals surface area contributed by atoms with Crippen LogP contribution in [0.5, 0.6) is 0 Å². The quantitative estimate of drug-likeness (QED) is 0.836. The van der Waals surface area contributed by atoms with Crippen LogP contribution in [-0.4, -0.2) is 46.9 Å². The zero-order chi connectivity index (χ0) is 17.8. The third kappa shape index (κ3) is 4.25. The number of aromatic nitrogens is 2. The Bertz CT molecular complexity index is 731. The zero-order valence-electron chi connectivity index (χ0n) is 14.7. The molecule has 5 nitrogen and oxygen atoms in total. The van der Waals surface area contributed by atoms with E-state index in [0.717, 1.165) is 12.0 Å². The van der Waals surface area contributed by atoms with Crippen LogP contribution < -0.4 is 0 Å². The largest absolute Gasteiger partial charge is 0.381 e. The summed E-state index contributed by atoms with van der Waals surface area (Å²) in [6.07, 6.45) is 4.97. The van der Waals surface area contributed by atoms with E-state index in [1.807, 2.05) is 24.1 Å². The molecule has 134 valence electrons. The molecule has 2 heterocycles. The number of amides is 1. The lowest BCUT2D eigenvalue weighted by atomic mass is 9.88. The number of benzene rings is 1. The van der Waals surface area contributed by atoms with Crippen LogP contribution in [0.25, 0.3) is 0 Å². The second kappa shape index (κ2) is 7.78. The highest BCUT2D eigenvalue weighted by Gasteiger charge is 2.32. The Morgan fingerprint density at radius 2 is 2.20 bits per heavy atom. The Labute approximate surface area is 147 Å². The van der Waals surface area contributed by atoms with E-state index >= 15 is 0 Å². The summed E-state index contributed by atoms with van der Waals surface area (Å²) in [4.78, 5) is 14.4. The lowest BCUT2D eigenvalue weighted by Gasteiger charge is -2.38. The van der Waals surface area contributed by atoms with Crippen LogP contribution >= 0.6 is 0 Å². The molecular formula is C19H24FN3O2. The molecule has 1 aromatic carbocycles. The molecule has 1 aliphatic rings. The minimum absolute atomic E-state index is 0.0376. The first-order valence-electron chi connectivity index (χ1n) is 8.60. The van der Waals surface area contributed by atoms with Crippen LogP contribution in [0.3, 0.4) is 0 Å². The minimum Gasteiger partial charge on any atom is -0.381 e. The first kappa shape index (κ1) is 17.6. The van der Waals surface area contributed by atoms with E-state index in [4.69, 9.17) is 4.74 Å². The van der Waals surface area contributed by atoms with Gasteiger partial charge in [-0.2, -0.15) is 5.10 Å². The minimum atomic E-state index is -0.201. The average Bonchev–Trinajstić information content (AvgIpc) is 3.01. The van der Waals surface area contributed by atoms with Crippen molar-refractivity contribution in [2.45, 2.75) is 32.4 Å². The average molecular weight is 345 g/mol. The van der Waals surface area contributed by atoms with Gasteiger partial charge in [-0.3, -0.25) is 9.48 Å². The summed E-state index contributed by atoms with van der Waals surface area (Å²) in [5.41, 5.74) is 1.70. The van der Waals surface area contributed by atoms with Crippen LogP contribution in [0.4, 0.5) is 4.39 Å². The Balaban J connectivity index is 1.67. The molecule has 1 fully saturated rings. The molecule has 0 spiro atoms. The van der Waals surface area contributed by atoms with Gasteiger partial charge in [0.25, 0.3) is 0 Å². The van der Waals surface area contributed by atoms with Crippen molar-refractivity contribution in [3.05, 3.63) is 53.6 Å². The number of ether oxygens (including phenoxy) is 1. The van der Waals surface area contributed by atoms with Crippen LogP contribution in [0.15, 0.2) is 36.7 Å². The molecule has 6 heteroatoms. The number of aryl methyl sites for hydroxylation is 1. The number of nitrogens with zero attached hydrogens (tertiary/aromatic N) is 3. The van der Waals surface area contributed by atoms with Crippen molar-refractivity contribution in [1.82, 2.24) is 14.7 Å². The molecule has 0 unspecified atom stereocenters. The molecular weight excluding hydrogens is 321 g/mol. The maximum Gasteiger partial charge on any atom is 0.244 e. The van der Waals surface area contributed by atoms with Gasteiger partial charge >= 0.3 is 0 Å². The van der Waals surface area contributed by atoms with Gasteiger partial charge in [0.2, 0.25) is 5.91 Å². The Hall–Kier alpha value is -2.21. The third-order valence-electron chi connectivity index (χ3n) is 4.82. The highest BCUT2D eigenvalue weighted by Crippen LogP contribution is 2.25. The lowest BCUT2D eigenvalue weighted by molar-refractivity contribution is -0.136. The molecule has 0 radical (unpaired) electrons. The molecule has 0 N–H and O–H groups in total. The van der Waals surface area contributed by atoms with E-state index in [1.165, 1.54) is 6.07 Å². The number of likely N-dealkylation sites (tertiary alicyclic amines) is 1. The van der Waals surface area contributed by atoms with Crippen LogP contribution in [0.1, 0.15) is 17.5 Å². The normalized spacial score (nSPS) is 20.7. The molecule has 2 atom stereocenters. The second-order valence-corrected chi connectivity index (χ2v) is 6.67. The number of carbonyl (C=O) groups is 1. The monoisotopic (exact) mass is 345 g/mol. The van der Waals surface area contributed by atoms with Gasteiger partial charge in [-0.1, -0.05) is 18.2 Å². The third-order valence-corrected chi connectivity index (χ3v) is 4.82. The molecule has 2 aromatic rings. The fourth-order valence-electron chi connectivity index (χ4n) is 3.48. The second-order valence-electron chi connectivity index (χ2n) is 6.67. The molecule has 25 heavy (non-hydrogen) atoms. The van der Waals surface area contributed by atoms with Crippen molar-refractivity contribution in [2.24, 2.45) is 5.92 Å². The number of methoxy groups -OCH3 is 1. The fraction of sp³-hybridized carbons (Fsp3) is 0.474. The first-order valence-corrected chi connectivity index (χ1v) is 8.60. The first-order chi connectivity index (χ1) is 12.1. The Morgan fingerprint density at radius 1 is 1.40 bits per heavy atom. The van der Waals surface area contributed by atoms with Gasteiger partial charge in [0.15, 0.2) is 0 Å². The molecule has 1 amide bonds. The number of piperidine rings is 1. The molecule has 1 saturated heterocycles. The van der Waals surface area contributed by atoms with Gasteiger partial charge < -0.3 is 9.64 Å². The summed E-state index contributed by atoms with van der Waals surface area (Å²) >= 11 is 0. The van der Waals surface area contributed by atoms with Gasteiger partial charge in [0, 0.05) is 32.3 Å². The van der Waals surface area contributed by atoms with Crippen molar-refractivity contribution in [3.63, 3.8) is 0 Å². The smallest absolute Gasteiger partial charge is 0.244 e. The van der Waals surface area contributed by atoms with Crippen molar-refractivity contribution in [2.75, 3.05) is 20.2 Å². The standard InChI is InChI=1S/C19H24FN3O2/c1-14-10-21-23(11-14)13-19(24)22-8-7-18(25-2)16(12-22)9-15-5-3-4-6-17(15)20/h3-6,10-11,16,18H,7-9,12-13H2,1-2H3/t16-,18+/m1/s1. The van der Waals surface area contributed by atoms with E-state index in [0.29, 0.717) is 25.1 Å². The van der Waals surface area contributed by atoms with E-state index in [1.54, 1.807) is 30.1 Å². The SMILES string of the molecule is CO[C@H]1CCN(C(=O)Cn2cc(C)cn2)C[C@H]1Cc1ccccc1F. The zero-order valence-corrected chi connectivity index (χ0v) is 14.7. The summed E-state index contributed by atoms with van der Waals surface area (Å²) in [6.45, 7) is 3.41. The predicted octanol–water partition coefficient (Wildman–Crippen LogP) is 2.44. The number of rotatable bonds is 5. The summed E-state index contributed by atoms with van der Waals surface area (Å²) in [5, 5.41) is 4.17. The molecule has 0 saturated carbocycles. The summed E-state index contributed by atoms with van der Waals surface area (Å²) in [7, 11) is 1.68. The number of carbonyl (C=O) groups excluding carboxylic acids is 1. The van der Waals surface area contributed by atoms with E-state index in [2.05, 4.69) is 5.10 Å². The predicted molar refractivity (Wildman–Crippen MR) is 92.6 cm³/mol. The molecule has 0 bridgehead atoms. The summed E-state index contributed by atoms with van der Waals surface area (Å²) in [5.74, 6) is -0.0806. The van der Waals surface area contributed by atoms with Crippen LogP contribution in [-0.2, 0) is 22.5 Å². The van der Waals surface area contributed by atoms with Gasteiger partial charge in [0.05, 0.1) is 12.3 Å². The maximum absolute atomic E-state index is 14.0. The van der Waals surface area contributed by atoms with Gasteiger partial charge in [0.1, 0.15) is 12.4 Å². The van der Waals surface area contributed by atoms with Gasteiger partial charge in [-0.15, -0.1) is 0 Å². The molecule has 1 aromatic heterocycles. The van der Waals surface area contributed by atoms with E-state index in [-0.39, 0.29) is 30.3 Å². The van der Waals surface area contributed by atoms with Crippen molar-refractivity contribution >= 4 is 5.91 Å². The highest BCUT2D eigenvalue weighted by atomic mass is 19.1. The topological polar surface area (TPSA) is 47.4 Å². The van der Waals surface area contributed by atoms with Gasteiger partial charge in [-0.25, -0.2) is 4.39 Å². The van der Waals surface area contributed by atoms with E-state index < -0.39 is 0 Å². The molecule has 0 aliphatic carbocycles. The molecule has 1 aliphatic heterocycles. The van der Waals surface area contributed by atoms with Crippen molar-refractivity contribution in [3.8, 4) is 0 Å². The summed E-state index contributed by atoms with van der Waals surface area (Å²) in [6, 6.07) is 6.81. The number of hydrogen-bond donors (Lipinski definition) is 0. The fourth-order valence-corrected chi connectivity index (χ4v) is 3.48. The number of halogens is 1. The highest BCUT2D eigenvalue weighted by molar-refractivity contribution is 5.76. The van der Waals surface area contributed by atoms with Crippen molar-refractivity contribution in [1.29, 1.82) is 0 Å². The summed E-state index contributed by atoms with van der Waals surface area (Å²) < 4.78 is 21.2. The van der Waals surface area contributed by atoms with Crippen LogP contribution in [0, 0.1) is 18.7 Å². The lowest BCUT2D eigenvalue weighted by Crippen LogP contribution is -2.48. The Morgan fingerprint density at radius 3 is 2.88 bits per heavy atom. The van der Waals surface area contributed by atoms with Crippen LogP contribution in [0.2, 0.25) is 0 Å². The van der Waals surface area contributed by atoms with E-state index in [9.17, 15) is 9.18 Å². The van der Waals surface area contributed by atoms with Gasteiger partial charge in [-0.05, 0) is 37.0 Å².